The molecule has 0 saturated heterocycles. The summed E-state index contributed by atoms with van der Waals surface area (Å²) in [6.07, 6.45) is -4.81. The van der Waals surface area contributed by atoms with Crippen LogP contribution in [0.25, 0.3) is 0 Å². The van der Waals surface area contributed by atoms with Crippen molar-refractivity contribution in [3.8, 4) is 0 Å². The van der Waals surface area contributed by atoms with Gasteiger partial charge in [-0.25, -0.2) is 18.2 Å². The van der Waals surface area contributed by atoms with Crippen LogP contribution < -0.4 is 10.6 Å². The van der Waals surface area contributed by atoms with Crippen LogP contribution in [0.4, 0.5) is 43.8 Å². The van der Waals surface area contributed by atoms with Crippen molar-refractivity contribution < 1.29 is 26.3 Å². The standard InChI is InChI=1S/C15H14F6N4/c1-14(2,3)25-13-22-9(15(19,20)21)6-10(24-13)23-12-8(17)5-4-7(16)11(12)18/h4-6H,1-3H3,(H2,22,23,24,25). The highest BCUT2D eigenvalue weighted by Gasteiger charge is 2.34. The Labute approximate surface area is 139 Å². The number of hydrogen-bond acceptors (Lipinski definition) is 4. The number of rotatable bonds is 3. The number of anilines is 3. The quantitative estimate of drug-likeness (QED) is 0.603. The van der Waals surface area contributed by atoms with Crippen molar-refractivity contribution in [2.45, 2.75) is 32.5 Å². The van der Waals surface area contributed by atoms with Gasteiger partial charge in [0.1, 0.15) is 17.3 Å². The summed E-state index contributed by atoms with van der Waals surface area (Å²) in [5, 5.41) is 4.68. The summed E-state index contributed by atoms with van der Waals surface area (Å²) < 4.78 is 79.6. The second kappa shape index (κ2) is 6.41. The smallest absolute Gasteiger partial charge is 0.350 e. The molecule has 2 rings (SSSR count). The van der Waals surface area contributed by atoms with E-state index >= 15 is 0 Å². The predicted octanol–water partition coefficient (Wildman–Crippen LogP) is 4.87. The Morgan fingerprint density at radius 3 is 2.08 bits per heavy atom. The average Bonchev–Trinajstić information content (AvgIpc) is 2.45. The number of aromatic nitrogens is 2. The first-order valence-electron chi connectivity index (χ1n) is 7.02. The fraction of sp³-hybridized carbons (Fsp3) is 0.333. The van der Waals surface area contributed by atoms with Gasteiger partial charge in [0.2, 0.25) is 5.95 Å². The molecular formula is C15H14F6N4. The number of alkyl halides is 3. The van der Waals surface area contributed by atoms with Gasteiger partial charge in [0.25, 0.3) is 0 Å². The normalized spacial score (nSPS) is 12.2. The minimum absolute atomic E-state index is 0.401. The van der Waals surface area contributed by atoms with Crippen LogP contribution in [-0.4, -0.2) is 15.5 Å². The van der Waals surface area contributed by atoms with Gasteiger partial charge in [-0.3, -0.25) is 0 Å². The van der Waals surface area contributed by atoms with Crippen LogP contribution in [0.1, 0.15) is 26.5 Å². The van der Waals surface area contributed by atoms with E-state index < -0.39 is 52.3 Å². The van der Waals surface area contributed by atoms with Crippen LogP contribution >= 0.6 is 0 Å². The van der Waals surface area contributed by atoms with Gasteiger partial charge < -0.3 is 10.6 Å². The number of halogens is 6. The number of benzene rings is 1. The zero-order valence-corrected chi connectivity index (χ0v) is 13.4. The first kappa shape index (κ1) is 18.8. The van der Waals surface area contributed by atoms with E-state index in [9.17, 15) is 26.3 Å². The molecule has 0 aliphatic carbocycles. The monoisotopic (exact) mass is 364 g/mol. The molecule has 2 N–H and O–H groups in total. The number of nitrogens with zero attached hydrogens (tertiary/aromatic N) is 2. The van der Waals surface area contributed by atoms with Crippen molar-refractivity contribution in [3.63, 3.8) is 0 Å². The van der Waals surface area contributed by atoms with E-state index in [-0.39, 0.29) is 0 Å². The molecular weight excluding hydrogens is 350 g/mol. The first-order chi connectivity index (χ1) is 11.4. The van der Waals surface area contributed by atoms with E-state index in [0.29, 0.717) is 18.2 Å². The minimum Gasteiger partial charge on any atom is -0.350 e. The summed E-state index contributed by atoms with van der Waals surface area (Å²) in [5.74, 6) is -5.06. The van der Waals surface area contributed by atoms with E-state index in [2.05, 4.69) is 15.3 Å². The third-order valence-electron chi connectivity index (χ3n) is 2.80. The summed E-state index contributed by atoms with van der Waals surface area (Å²) in [6.45, 7) is 4.99. The maximum atomic E-state index is 13.7. The van der Waals surface area contributed by atoms with Crippen LogP contribution in [0, 0.1) is 17.5 Å². The molecule has 0 amide bonds. The highest BCUT2D eigenvalue weighted by Crippen LogP contribution is 2.32. The summed E-state index contributed by atoms with van der Waals surface area (Å²) in [7, 11) is 0. The van der Waals surface area contributed by atoms with Crippen molar-refractivity contribution in [1.29, 1.82) is 0 Å². The Hall–Kier alpha value is -2.52. The molecule has 0 atom stereocenters. The zero-order chi connectivity index (χ0) is 19.0. The van der Waals surface area contributed by atoms with E-state index in [0.717, 1.165) is 0 Å². The predicted molar refractivity (Wildman–Crippen MR) is 80.0 cm³/mol. The zero-order valence-electron chi connectivity index (χ0n) is 13.4. The van der Waals surface area contributed by atoms with Gasteiger partial charge >= 0.3 is 6.18 Å². The molecule has 0 spiro atoms. The summed E-state index contributed by atoms with van der Waals surface area (Å²) in [4.78, 5) is 7.10. The van der Waals surface area contributed by atoms with Gasteiger partial charge in [-0.15, -0.1) is 0 Å². The lowest BCUT2D eigenvalue weighted by atomic mass is 10.1. The van der Waals surface area contributed by atoms with Crippen molar-refractivity contribution in [2.24, 2.45) is 0 Å². The second-order valence-electron chi connectivity index (χ2n) is 6.18. The van der Waals surface area contributed by atoms with Crippen LogP contribution in [0.3, 0.4) is 0 Å². The third-order valence-corrected chi connectivity index (χ3v) is 2.80. The molecule has 0 radical (unpaired) electrons. The topological polar surface area (TPSA) is 49.8 Å². The van der Waals surface area contributed by atoms with Crippen LogP contribution in [0.2, 0.25) is 0 Å². The van der Waals surface area contributed by atoms with Crippen molar-refractivity contribution in [1.82, 2.24) is 9.97 Å². The SMILES string of the molecule is CC(C)(C)Nc1nc(Nc2c(F)ccc(F)c2F)cc(C(F)(F)F)n1. The lowest BCUT2D eigenvalue weighted by molar-refractivity contribution is -0.141. The lowest BCUT2D eigenvalue weighted by Crippen LogP contribution is -2.28. The molecule has 25 heavy (non-hydrogen) atoms. The minimum atomic E-state index is -4.81. The highest BCUT2D eigenvalue weighted by atomic mass is 19.4. The van der Waals surface area contributed by atoms with Crippen LogP contribution in [0.5, 0.6) is 0 Å². The van der Waals surface area contributed by atoms with Gasteiger partial charge in [0, 0.05) is 11.6 Å². The maximum absolute atomic E-state index is 13.7. The fourth-order valence-corrected chi connectivity index (χ4v) is 1.82. The van der Waals surface area contributed by atoms with Gasteiger partial charge in [-0.2, -0.15) is 18.2 Å². The Balaban J connectivity index is 2.50. The number of hydrogen-bond donors (Lipinski definition) is 2. The molecule has 1 aromatic heterocycles. The van der Waals surface area contributed by atoms with Gasteiger partial charge in [0.15, 0.2) is 17.3 Å². The molecule has 0 fully saturated rings. The fourth-order valence-electron chi connectivity index (χ4n) is 1.82. The molecule has 0 unspecified atom stereocenters. The molecule has 1 heterocycles. The number of nitrogens with one attached hydrogen (secondary N) is 2. The molecule has 0 saturated carbocycles. The van der Waals surface area contributed by atoms with E-state index in [1.807, 2.05) is 5.32 Å². The summed E-state index contributed by atoms with van der Waals surface area (Å²) >= 11 is 0. The molecule has 10 heteroatoms. The van der Waals surface area contributed by atoms with E-state index in [1.54, 1.807) is 20.8 Å². The molecule has 2 aromatic rings. The molecule has 0 aliphatic rings. The summed E-state index contributed by atoms with van der Waals surface area (Å²) in [5.41, 5.74) is -2.95. The van der Waals surface area contributed by atoms with E-state index in [1.165, 1.54) is 0 Å². The molecule has 1 aromatic carbocycles. The van der Waals surface area contributed by atoms with Gasteiger partial charge in [-0.05, 0) is 32.9 Å². The van der Waals surface area contributed by atoms with E-state index in [4.69, 9.17) is 0 Å². The Morgan fingerprint density at radius 2 is 1.52 bits per heavy atom. The molecule has 0 aliphatic heterocycles. The highest BCUT2D eigenvalue weighted by molar-refractivity contribution is 5.59. The summed E-state index contributed by atoms with van der Waals surface area (Å²) in [6, 6.07) is 1.67. The van der Waals surface area contributed by atoms with Crippen molar-refractivity contribution >= 4 is 17.5 Å². The van der Waals surface area contributed by atoms with Crippen molar-refractivity contribution in [2.75, 3.05) is 10.6 Å². The lowest BCUT2D eigenvalue weighted by Gasteiger charge is -2.21. The maximum Gasteiger partial charge on any atom is 0.433 e. The first-order valence-corrected chi connectivity index (χ1v) is 7.02. The van der Waals surface area contributed by atoms with Gasteiger partial charge in [-0.1, -0.05) is 0 Å². The largest absolute Gasteiger partial charge is 0.433 e. The Morgan fingerprint density at radius 1 is 0.920 bits per heavy atom. The van der Waals surface area contributed by atoms with Crippen LogP contribution in [0.15, 0.2) is 18.2 Å². The van der Waals surface area contributed by atoms with Crippen molar-refractivity contribution in [3.05, 3.63) is 41.3 Å². The Kier molecular flexibility index (Phi) is 4.83. The molecule has 0 bridgehead atoms. The van der Waals surface area contributed by atoms with Gasteiger partial charge in [0.05, 0.1) is 0 Å². The molecule has 136 valence electrons. The third kappa shape index (κ3) is 4.74. The average molecular weight is 364 g/mol. The van der Waals surface area contributed by atoms with Crippen LogP contribution in [-0.2, 0) is 6.18 Å². The second-order valence-corrected chi connectivity index (χ2v) is 6.18. The molecule has 4 nitrogen and oxygen atoms in total. The Bertz CT molecular complexity index is 783.